The van der Waals surface area contributed by atoms with E-state index in [1.54, 1.807) is 7.11 Å². The van der Waals surface area contributed by atoms with E-state index < -0.39 is 17.8 Å². The van der Waals surface area contributed by atoms with E-state index in [9.17, 15) is 18.3 Å². The van der Waals surface area contributed by atoms with Crippen molar-refractivity contribution in [1.29, 1.82) is 0 Å². The quantitative estimate of drug-likeness (QED) is 0.489. The maximum Gasteiger partial charge on any atom is 0.416 e. The van der Waals surface area contributed by atoms with Gasteiger partial charge in [0.1, 0.15) is 5.75 Å². The Bertz CT molecular complexity index is 814. The molecule has 2 aromatic carbocycles. The van der Waals surface area contributed by atoms with Crippen LogP contribution in [0.5, 0.6) is 5.75 Å². The van der Waals surface area contributed by atoms with E-state index in [0.29, 0.717) is 18.8 Å². The molecule has 0 spiro atoms. The SMILES string of the molecule is CCC(c1ccc(OC)cc1)C(CC(O)Cc1ccc(C(F)(F)F)cc1)CN1CCCC1. The first-order chi connectivity index (χ1) is 15.3. The molecule has 0 bridgehead atoms. The second-order valence-corrected chi connectivity index (χ2v) is 8.84. The lowest BCUT2D eigenvalue weighted by molar-refractivity contribution is -0.137. The van der Waals surface area contributed by atoms with Crippen LogP contribution in [0, 0.1) is 5.92 Å². The Morgan fingerprint density at radius 2 is 1.62 bits per heavy atom. The van der Waals surface area contributed by atoms with Crippen molar-refractivity contribution in [3.63, 3.8) is 0 Å². The van der Waals surface area contributed by atoms with Crippen molar-refractivity contribution in [3.05, 3.63) is 65.2 Å². The first-order valence-corrected chi connectivity index (χ1v) is 11.5. The van der Waals surface area contributed by atoms with Crippen LogP contribution in [0.1, 0.15) is 55.2 Å². The molecule has 3 rings (SSSR count). The number of ether oxygens (including phenoxy) is 1. The van der Waals surface area contributed by atoms with Gasteiger partial charge >= 0.3 is 6.18 Å². The summed E-state index contributed by atoms with van der Waals surface area (Å²) in [7, 11) is 1.65. The van der Waals surface area contributed by atoms with Gasteiger partial charge in [-0.15, -0.1) is 0 Å². The second-order valence-electron chi connectivity index (χ2n) is 8.84. The Labute approximate surface area is 189 Å². The maximum atomic E-state index is 12.8. The van der Waals surface area contributed by atoms with Crippen LogP contribution in [0.3, 0.4) is 0 Å². The Kier molecular flexibility index (Phi) is 8.60. The van der Waals surface area contributed by atoms with Gasteiger partial charge in [0.15, 0.2) is 0 Å². The number of aliphatic hydroxyl groups excluding tert-OH is 1. The normalized spacial score (nSPS) is 17.8. The molecule has 0 aromatic heterocycles. The Morgan fingerprint density at radius 1 is 1.00 bits per heavy atom. The first-order valence-electron chi connectivity index (χ1n) is 11.5. The molecule has 3 atom stereocenters. The molecule has 0 radical (unpaired) electrons. The van der Waals surface area contributed by atoms with Crippen LogP contribution in [0.2, 0.25) is 0 Å². The minimum absolute atomic E-state index is 0.260. The number of alkyl halides is 3. The molecule has 2 aromatic rings. The number of hydrogen-bond acceptors (Lipinski definition) is 3. The highest BCUT2D eigenvalue weighted by Gasteiger charge is 2.30. The number of nitrogens with zero attached hydrogens (tertiary/aromatic N) is 1. The van der Waals surface area contributed by atoms with Gasteiger partial charge in [0.25, 0.3) is 0 Å². The van der Waals surface area contributed by atoms with Crippen molar-refractivity contribution in [2.45, 2.75) is 57.2 Å². The largest absolute Gasteiger partial charge is 0.497 e. The molecule has 1 N–H and O–H groups in total. The van der Waals surface area contributed by atoms with Gasteiger partial charge in [-0.3, -0.25) is 0 Å². The van der Waals surface area contributed by atoms with Crippen LogP contribution < -0.4 is 4.74 Å². The van der Waals surface area contributed by atoms with E-state index in [0.717, 1.165) is 49.5 Å². The lowest BCUT2D eigenvalue weighted by atomic mass is 9.79. The lowest BCUT2D eigenvalue weighted by Gasteiger charge is -2.32. The highest BCUT2D eigenvalue weighted by atomic mass is 19.4. The summed E-state index contributed by atoms with van der Waals surface area (Å²) >= 11 is 0. The summed E-state index contributed by atoms with van der Waals surface area (Å²) in [5.74, 6) is 1.38. The fourth-order valence-electron chi connectivity index (χ4n) is 4.89. The number of methoxy groups -OCH3 is 1. The minimum atomic E-state index is -4.34. The second kappa shape index (κ2) is 11.2. The monoisotopic (exact) mass is 449 g/mol. The zero-order valence-electron chi connectivity index (χ0n) is 18.9. The Morgan fingerprint density at radius 3 is 2.16 bits per heavy atom. The molecule has 3 nitrogen and oxygen atoms in total. The van der Waals surface area contributed by atoms with Crippen LogP contribution in [-0.2, 0) is 12.6 Å². The van der Waals surface area contributed by atoms with Crippen LogP contribution in [0.4, 0.5) is 13.2 Å². The molecule has 176 valence electrons. The third-order valence-electron chi connectivity index (χ3n) is 6.57. The molecule has 32 heavy (non-hydrogen) atoms. The summed E-state index contributed by atoms with van der Waals surface area (Å²) in [5, 5.41) is 10.9. The van der Waals surface area contributed by atoms with Crippen LogP contribution >= 0.6 is 0 Å². The molecule has 0 saturated carbocycles. The van der Waals surface area contributed by atoms with Gasteiger partial charge in [0.05, 0.1) is 18.8 Å². The van der Waals surface area contributed by atoms with Gasteiger partial charge in [-0.05, 0) is 92.4 Å². The highest BCUT2D eigenvalue weighted by molar-refractivity contribution is 5.30. The van der Waals surface area contributed by atoms with E-state index in [4.69, 9.17) is 4.74 Å². The smallest absolute Gasteiger partial charge is 0.416 e. The molecule has 1 heterocycles. The predicted octanol–water partition coefficient (Wildman–Crippen LogP) is 5.91. The fraction of sp³-hybridized carbons (Fsp3) is 0.538. The maximum absolute atomic E-state index is 12.8. The van der Waals surface area contributed by atoms with Gasteiger partial charge in [-0.1, -0.05) is 31.2 Å². The van der Waals surface area contributed by atoms with Crippen LogP contribution in [-0.4, -0.2) is 42.9 Å². The summed E-state index contributed by atoms with van der Waals surface area (Å²) in [6.45, 7) is 5.28. The van der Waals surface area contributed by atoms with Crippen molar-refractivity contribution in [3.8, 4) is 5.75 Å². The molecule has 1 saturated heterocycles. The molecule has 1 aliphatic rings. The van der Waals surface area contributed by atoms with Crippen molar-refractivity contribution >= 4 is 0 Å². The Balaban J connectivity index is 1.72. The van der Waals surface area contributed by atoms with Crippen LogP contribution in [0.25, 0.3) is 0 Å². The van der Waals surface area contributed by atoms with Gasteiger partial charge in [0, 0.05) is 6.54 Å². The number of benzene rings is 2. The number of likely N-dealkylation sites (tertiary alicyclic amines) is 1. The van der Waals surface area contributed by atoms with Gasteiger partial charge in [-0.2, -0.15) is 13.2 Å². The number of halogens is 3. The van der Waals surface area contributed by atoms with Crippen molar-refractivity contribution in [1.82, 2.24) is 4.90 Å². The average molecular weight is 450 g/mol. The van der Waals surface area contributed by atoms with Crippen molar-refractivity contribution in [2.24, 2.45) is 5.92 Å². The molecular formula is C26H34F3NO2. The lowest BCUT2D eigenvalue weighted by Crippen LogP contribution is -2.33. The van der Waals surface area contributed by atoms with Gasteiger partial charge in [0.2, 0.25) is 0 Å². The zero-order valence-corrected chi connectivity index (χ0v) is 18.9. The van der Waals surface area contributed by atoms with Crippen molar-refractivity contribution < 1.29 is 23.0 Å². The Hall–Kier alpha value is -2.05. The van der Waals surface area contributed by atoms with E-state index in [-0.39, 0.29) is 5.92 Å². The highest BCUT2D eigenvalue weighted by Crippen LogP contribution is 2.34. The summed E-state index contributed by atoms with van der Waals surface area (Å²) < 4.78 is 43.8. The van der Waals surface area contributed by atoms with Gasteiger partial charge < -0.3 is 14.7 Å². The molecule has 3 unspecified atom stereocenters. The summed E-state index contributed by atoms with van der Waals surface area (Å²) in [5.41, 5.74) is 1.30. The average Bonchev–Trinajstić information content (AvgIpc) is 3.27. The molecular weight excluding hydrogens is 415 g/mol. The standard InChI is InChI=1S/C26H34F3NO2/c1-3-25(20-8-12-24(32-2)13-9-20)21(18-30-14-4-5-15-30)17-23(31)16-19-6-10-22(11-7-19)26(27,28)29/h6-13,21,23,25,31H,3-5,14-18H2,1-2H3. The number of aliphatic hydroxyl groups is 1. The molecule has 1 aliphatic heterocycles. The molecule has 6 heteroatoms. The predicted molar refractivity (Wildman–Crippen MR) is 121 cm³/mol. The van der Waals surface area contributed by atoms with E-state index >= 15 is 0 Å². The molecule has 1 fully saturated rings. The van der Waals surface area contributed by atoms with Crippen molar-refractivity contribution in [2.75, 3.05) is 26.7 Å². The topological polar surface area (TPSA) is 32.7 Å². The first kappa shape index (κ1) is 24.6. The molecule has 0 amide bonds. The summed E-state index contributed by atoms with van der Waals surface area (Å²) in [4.78, 5) is 2.47. The summed E-state index contributed by atoms with van der Waals surface area (Å²) in [6, 6.07) is 13.3. The minimum Gasteiger partial charge on any atom is -0.497 e. The van der Waals surface area contributed by atoms with E-state index in [2.05, 4.69) is 24.0 Å². The number of hydrogen-bond donors (Lipinski definition) is 1. The zero-order chi connectivity index (χ0) is 23.1. The third kappa shape index (κ3) is 6.72. The molecule has 0 aliphatic carbocycles. The van der Waals surface area contributed by atoms with Crippen LogP contribution in [0.15, 0.2) is 48.5 Å². The van der Waals surface area contributed by atoms with Gasteiger partial charge in [-0.25, -0.2) is 0 Å². The van der Waals surface area contributed by atoms with E-state index in [1.807, 2.05) is 12.1 Å². The summed E-state index contributed by atoms with van der Waals surface area (Å²) in [6.07, 6.45) is -0.606. The third-order valence-corrected chi connectivity index (χ3v) is 6.57. The fourth-order valence-corrected chi connectivity index (χ4v) is 4.89. The number of rotatable bonds is 10. The van der Waals surface area contributed by atoms with E-state index in [1.165, 1.54) is 30.5 Å².